The third-order valence-corrected chi connectivity index (χ3v) is 1.05. The highest BCUT2D eigenvalue weighted by Gasteiger charge is 2.16. The molecular weight excluding hydrogens is 168 g/mol. The van der Waals surface area contributed by atoms with Gasteiger partial charge in [0.25, 0.3) is 0 Å². The molecule has 0 N–H and O–H groups in total. The molecule has 0 spiro atoms. The Balaban J connectivity index is 2.52. The fraction of sp³-hybridized carbons (Fsp3) is 0.500. The number of cyclic esters (lactones) is 3. The van der Waals surface area contributed by atoms with Gasteiger partial charge in [-0.2, -0.15) is 0 Å². The predicted octanol–water partition coefficient (Wildman–Crippen LogP) is -1.37. The van der Waals surface area contributed by atoms with Crippen molar-refractivity contribution in [2.45, 2.75) is 0 Å². The van der Waals surface area contributed by atoms with E-state index in [1.54, 1.807) is 0 Å². The van der Waals surface area contributed by atoms with E-state index in [9.17, 15) is 14.4 Å². The summed E-state index contributed by atoms with van der Waals surface area (Å²) in [6.07, 6.45) is 0. The Labute approximate surface area is 67.4 Å². The minimum Gasteiger partial charge on any atom is -0.451 e. The van der Waals surface area contributed by atoms with Crippen molar-refractivity contribution >= 4 is 17.9 Å². The first-order valence-corrected chi connectivity index (χ1v) is 3.15. The lowest BCUT2D eigenvalue weighted by Crippen LogP contribution is -2.16. The first-order valence-electron chi connectivity index (χ1n) is 3.15. The molecule has 6 nitrogen and oxygen atoms in total. The lowest BCUT2D eigenvalue weighted by atomic mass is 10.7. The van der Waals surface area contributed by atoms with Crippen molar-refractivity contribution in [2.24, 2.45) is 0 Å². The first-order chi connectivity index (χ1) is 5.68. The minimum atomic E-state index is -0.762. The molecule has 0 amide bonds. The van der Waals surface area contributed by atoms with Crippen LogP contribution in [-0.4, -0.2) is 37.7 Å². The molecule has 0 aromatic rings. The van der Waals surface area contributed by atoms with E-state index < -0.39 is 37.7 Å². The van der Waals surface area contributed by atoms with Crippen LogP contribution in [0.4, 0.5) is 0 Å². The SMILES string of the molecule is O=C1COC(=O)COC(=O)CO1. The topological polar surface area (TPSA) is 78.9 Å². The second-order valence-electron chi connectivity index (χ2n) is 1.98. The molecule has 0 radical (unpaired) electrons. The summed E-state index contributed by atoms with van der Waals surface area (Å²) in [6.45, 7) is -1.43. The molecule has 0 bridgehead atoms. The van der Waals surface area contributed by atoms with Crippen molar-refractivity contribution in [3.63, 3.8) is 0 Å². The lowest BCUT2D eigenvalue weighted by molar-refractivity contribution is -0.157. The quantitative estimate of drug-likeness (QED) is 0.333. The smallest absolute Gasteiger partial charge is 0.344 e. The van der Waals surface area contributed by atoms with Crippen LogP contribution in [0.3, 0.4) is 0 Å². The van der Waals surface area contributed by atoms with Gasteiger partial charge >= 0.3 is 17.9 Å². The van der Waals surface area contributed by atoms with Crippen LogP contribution < -0.4 is 0 Å². The van der Waals surface area contributed by atoms with E-state index in [2.05, 4.69) is 14.2 Å². The molecule has 1 saturated heterocycles. The molecule has 0 aromatic heterocycles. The van der Waals surface area contributed by atoms with Crippen LogP contribution in [0.2, 0.25) is 0 Å². The van der Waals surface area contributed by atoms with Crippen molar-refractivity contribution < 1.29 is 28.6 Å². The maximum Gasteiger partial charge on any atom is 0.344 e. The van der Waals surface area contributed by atoms with Gasteiger partial charge in [0, 0.05) is 0 Å². The summed E-state index contributed by atoms with van der Waals surface area (Å²) < 4.78 is 13.0. The van der Waals surface area contributed by atoms with Crippen molar-refractivity contribution in [1.29, 1.82) is 0 Å². The molecule has 1 aliphatic heterocycles. The molecule has 1 rings (SSSR count). The summed E-state index contributed by atoms with van der Waals surface area (Å²) >= 11 is 0. The van der Waals surface area contributed by atoms with E-state index in [1.165, 1.54) is 0 Å². The molecular formula is C6H6O6. The van der Waals surface area contributed by atoms with Gasteiger partial charge in [-0.05, 0) is 0 Å². The van der Waals surface area contributed by atoms with Crippen LogP contribution in [-0.2, 0) is 28.6 Å². The minimum absolute atomic E-state index is 0.477. The van der Waals surface area contributed by atoms with Gasteiger partial charge < -0.3 is 14.2 Å². The molecule has 12 heavy (non-hydrogen) atoms. The summed E-state index contributed by atoms with van der Waals surface area (Å²) in [4.78, 5) is 31.7. The van der Waals surface area contributed by atoms with Crippen molar-refractivity contribution in [3.05, 3.63) is 0 Å². The average Bonchev–Trinajstić information content (AvgIpc) is 2.11. The molecule has 0 saturated carbocycles. The first kappa shape index (κ1) is 8.51. The number of esters is 3. The van der Waals surface area contributed by atoms with E-state index in [-0.39, 0.29) is 0 Å². The normalized spacial score (nSPS) is 19.5. The van der Waals surface area contributed by atoms with Gasteiger partial charge in [-0.1, -0.05) is 0 Å². The maximum absolute atomic E-state index is 10.6. The zero-order valence-corrected chi connectivity index (χ0v) is 6.07. The second kappa shape index (κ2) is 3.70. The van der Waals surface area contributed by atoms with Crippen LogP contribution in [0.15, 0.2) is 0 Å². The molecule has 1 fully saturated rings. The Morgan fingerprint density at radius 2 is 0.917 bits per heavy atom. The van der Waals surface area contributed by atoms with E-state index in [4.69, 9.17) is 0 Å². The molecule has 6 heteroatoms. The van der Waals surface area contributed by atoms with Crippen LogP contribution in [0.5, 0.6) is 0 Å². The van der Waals surface area contributed by atoms with Crippen molar-refractivity contribution in [1.82, 2.24) is 0 Å². The summed E-state index contributed by atoms with van der Waals surface area (Å²) in [5.41, 5.74) is 0. The van der Waals surface area contributed by atoms with Crippen LogP contribution in [0.25, 0.3) is 0 Å². The zero-order valence-electron chi connectivity index (χ0n) is 6.07. The van der Waals surface area contributed by atoms with Crippen LogP contribution in [0.1, 0.15) is 0 Å². The Morgan fingerprint density at radius 3 is 1.17 bits per heavy atom. The van der Waals surface area contributed by atoms with E-state index in [0.717, 1.165) is 0 Å². The number of ether oxygens (including phenoxy) is 3. The number of carbonyl (C=O) groups excluding carboxylic acids is 3. The molecule has 66 valence electrons. The molecule has 1 aliphatic rings. The van der Waals surface area contributed by atoms with E-state index >= 15 is 0 Å². The number of hydrogen-bond donors (Lipinski definition) is 0. The van der Waals surface area contributed by atoms with Gasteiger partial charge in [-0.15, -0.1) is 0 Å². The summed E-state index contributed by atoms with van der Waals surface area (Å²) in [6, 6.07) is 0. The van der Waals surface area contributed by atoms with Crippen molar-refractivity contribution in [2.75, 3.05) is 19.8 Å². The van der Waals surface area contributed by atoms with Crippen molar-refractivity contribution in [3.8, 4) is 0 Å². The third-order valence-electron chi connectivity index (χ3n) is 1.05. The predicted molar refractivity (Wildman–Crippen MR) is 32.9 cm³/mol. The Bertz CT molecular complexity index is 164. The monoisotopic (exact) mass is 174 g/mol. The highest BCUT2D eigenvalue weighted by atomic mass is 16.6. The molecule has 0 aliphatic carbocycles. The summed E-state index contributed by atoms with van der Waals surface area (Å²) in [5.74, 6) is -2.29. The highest BCUT2D eigenvalue weighted by Crippen LogP contribution is 1.91. The number of carbonyl (C=O) groups is 3. The van der Waals surface area contributed by atoms with Crippen LogP contribution >= 0.6 is 0 Å². The van der Waals surface area contributed by atoms with Gasteiger partial charge in [0.1, 0.15) is 0 Å². The summed E-state index contributed by atoms with van der Waals surface area (Å²) in [7, 11) is 0. The zero-order chi connectivity index (χ0) is 8.97. The standard InChI is InChI=1S/C6H6O6/c7-4-1-10-5(8)2-12-6(9)3-11-4/h1-3H2. The highest BCUT2D eigenvalue weighted by molar-refractivity contribution is 5.82. The van der Waals surface area contributed by atoms with E-state index in [0.29, 0.717) is 0 Å². The van der Waals surface area contributed by atoms with Gasteiger partial charge in [0.05, 0.1) is 0 Å². The van der Waals surface area contributed by atoms with E-state index in [1.807, 2.05) is 0 Å². The third kappa shape index (κ3) is 2.57. The average molecular weight is 174 g/mol. The Hall–Kier alpha value is -1.59. The van der Waals surface area contributed by atoms with Gasteiger partial charge in [-0.3, -0.25) is 0 Å². The molecule has 0 aromatic carbocycles. The fourth-order valence-corrected chi connectivity index (χ4v) is 0.543. The molecule has 0 unspecified atom stereocenters. The number of hydrogen-bond acceptors (Lipinski definition) is 6. The van der Waals surface area contributed by atoms with Gasteiger partial charge in [0.15, 0.2) is 19.8 Å². The maximum atomic E-state index is 10.6. The summed E-state index contributed by atoms with van der Waals surface area (Å²) in [5, 5.41) is 0. The molecule has 0 atom stereocenters. The molecule has 1 heterocycles. The second-order valence-corrected chi connectivity index (χ2v) is 1.98. The van der Waals surface area contributed by atoms with Crippen LogP contribution in [0, 0.1) is 0 Å². The Kier molecular flexibility index (Phi) is 2.62. The lowest BCUT2D eigenvalue weighted by Gasteiger charge is -1.98. The Morgan fingerprint density at radius 1 is 0.667 bits per heavy atom. The fourth-order valence-electron chi connectivity index (χ4n) is 0.543. The number of rotatable bonds is 0. The largest absolute Gasteiger partial charge is 0.451 e. The van der Waals surface area contributed by atoms with Gasteiger partial charge in [0.2, 0.25) is 0 Å². The van der Waals surface area contributed by atoms with Gasteiger partial charge in [-0.25, -0.2) is 14.4 Å².